The Morgan fingerprint density at radius 1 is 1.50 bits per heavy atom. The molecular weight excluding hydrogens is 220 g/mol. The van der Waals surface area contributed by atoms with Gasteiger partial charge >= 0.3 is 0 Å². The molecule has 0 aliphatic heterocycles. The third kappa shape index (κ3) is 3.38. The number of thiocarbonyl (C=S) groups is 1. The number of anilines is 1. The van der Waals surface area contributed by atoms with Crippen molar-refractivity contribution in [1.82, 2.24) is 5.32 Å². The lowest BCUT2D eigenvalue weighted by Gasteiger charge is -2.21. The Labute approximate surface area is 102 Å². The van der Waals surface area contributed by atoms with Gasteiger partial charge in [0.25, 0.3) is 0 Å². The van der Waals surface area contributed by atoms with Crippen LogP contribution in [0.4, 0.5) is 5.69 Å². The van der Waals surface area contributed by atoms with Crippen molar-refractivity contribution in [2.75, 3.05) is 25.6 Å². The Morgan fingerprint density at radius 2 is 2.25 bits per heavy atom. The smallest absolute Gasteiger partial charge is 0.173 e. The van der Waals surface area contributed by atoms with Crippen molar-refractivity contribution in [1.29, 1.82) is 0 Å². The Balaban J connectivity index is 2.71. The molecular formula is C12H18N2OS. The minimum absolute atomic E-state index is 0.732. The van der Waals surface area contributed by atoms with E-state index in [-0.39, 0.29) is 0 Å². The molecule has 0 radical (unpaired) electrons. The van der Waals surface area contributed by atoms with E-state index in [0.29, 0.717) is 0 Å². The van der Waals surface area contributed by atoms with E-state index in [2.05, 4.69) is 12.2 Å². The number of ether oxygens (including phenoxy) is 1. The SMILES string of the molecule is CCCNC(=S)N(C)c1cccc(OC)c1. The minimum Gasteiger partial charge on any atom is -0.497 e. The highest BCUT2D eigenvalue weighted by atomic mass is 32.1. The summed E-state index contributed by atoms with van der Waals surface area (Å²) in [7, 11) is 3.60. The van der Waals surface area contributed by atoms with E-state index in [1.165, 1.54) is 0 Å². The highest BCUT2D eigenvalue weighted by molar-refractivity contribution is 7.80. The van der Waals surface area contributed by atoms with Crippen LogP contribution in [-0.4, -0.2) is 25.8 Å². The molecule has 88 valence electrons. The molecule has 16 heavy (non-hydrogen) atoms. The van der Waals surface area contributed by atoms with E-state index >= 15 is 0 Å². The van der Waals surface area contributed by atoms with E-state index in [9.17, 15) is 0 Å². The lowest BCUT2D eigenvalue weighted by atomic mass is 10.3. The fourth-order valence-electron chi connectivity index (χ4n) is 1.29. The molecule has 0 unspecified atom stereocenters. The predicted molar refractivity (Wildman–Crippen MR) is 72.3 cm³/mol. The van der Waals surface area contributed by atoms with Crippen molar-refractivity contribution in [3.8, 4) is 5.75 Å². The normalized spacial score (nSPS) is 9.69. The molecule has 0 aromatic heterocycles. The van der Waals surface area contributed by atoms with E-state index < -0.39 is 0 Å². The van der Waals surface area contributed by atoms with Gasteiger partial charge in [-0.15, -0.1) is 0 Å². The maximum atomic E-state index is 5.28. The first-order valence-electron chi connectivity index (χ1n) is 5.34. The molecule has 0 spiro atoms. The van der Waals surface area contributed by atoms with Gasteiger partial charge in [0.1, 0.15) is 5.75 Å². The van der Waals surface area contributed by atoms with Crippen LogP contribution in [0.25, 0.3) is 0 Å². The lowest BCUT2D eigenvalue weighted by molar-refractivity contribution is 0.415. The molecule has 0 heterocycles. The van der Waals surface area contributed by atoms with Crippen LogP contribution >= 0.6 is 12.2 Å². The molecule has 1 aromatic rings. The van der Waals surface area contributed by atoms with Gasteiger partial charge in [0.15, 0.2) is 5.11 Å². The topological polar surface area (TPSA) is 24.5 Å². The molecule has 4 heteroatoms. The zero-order chi connectivity index (χ0) is 12.0. The molecule has 0 aliphatic carbocycles. The second-order valence-electron chi connectivity index (χ2n) is 3.49. The number of rotatable bonds is 4. The van der Waals surface area contributed by atoms with E-state index in [4.69, 9.17) is 17.0 Å². The maximum Gasteiger partial charge on any atom is 0.173 e. The predicted octanol–water partition coefficient (Wildman–Crippen LogP) is 2.42. The van der Waals surface area contributed by atoms with Gasteiger partial charge in [-0.2, -0.15) is 0 Å². The van der Waals surface area contributed by atoms with Crippen LogP contribution in [0.2, 0.25) is 0 Å². The molecule has 0 saturated heterocycles. The highest BCUT2D eigenvalue weighted by Gasteiger charge is 2.06. The third-order valence-electron chi connectivity index (χ3n) is 2.27. The number of hydrogen-bond acceptors (Lipinski definition) is 2. The van der Waals surface area contributed by atoms with Crippen molar-refractivity contribution in [3.63, 3.8) is 0 Å². The third-order valence-corrected chi connectivity index (χ3v) is 2.69. The Kier molecular flexibility index (Phi) is 5.05. The molecule has 1 N–H and O–H groups in total. The first-order chi connectivity index (χ1) is 7.69. The minimum atomic E-state index is 0.732. The summed E-state index contributed by atoms with van der Waals surface area (Å²) >= 11 is 5.28. The average Bonchev–Trinajstić information content (AvgIpc) is 2.35. The van der Waals surface area contributed by atoms with E-state index in [1.807, 2.05) is 36.2 Å². The molecule has 0 aliphatic rings. The van der Waals surface area contributed by atoms with Gasteiger partial charge < -0.3 is 15.0 Å². The Morgan fingerprint density at radius 3 is 2.88 bits per heavy atom. The second kappa shape index (κ2) is 6.33. The monoisotopic (exact) mass is 238 g/mol. The van der Waals surface area contributed by atoms with Gasteiger partial charge in [0.2, 0.25) is 0 Å². The van der Waals surface area contributed by atoms with Crippen LogP contribution in [-0.2, 0) is 0 Å². The van der Waals surface area contributed by atoms with E-state index in [1.54, 1.807) is 7.11 Å². The summed E-state index contributed by atoms with van der Waals surface area (Å²) in [6.07, 6.45) is 1.06. The summed E-state index contributed by atoms with van der Waals surface area (Å²) in [6.45, 7) is 3.01. The molecule has 1 aromatic carbocycles. The average molecular weight is 238 g/mol. The Hall–Kier alpha value is -1.29. The molecule has 3 nitrogen and oxygen atoms in total. The van der Waals surface area contributed by atoms with E-state index in [0.717, 1.165) is 29.5 Å². The van der Waals surface area contributed by atoms with Crippen LogP contribution in [0.5, 0.6) is 5.75 Å². The first-order valence-corrected chi connectivity index (χ1v) is 5.75. The summed E-state index contributed by atoms with van der Waals surface area (Å²) in [5.41, 5.74) is 1.02. The van der Waals surface area contributed by atoms with Gasteiger partial charge in [-0.1, -0.05) is 13.0 Å². The largest absolute Gasteiger partial charge is 0.497 e. The zero-order valence-electron chi connectivity index (χ0n) is 9.99. The van der Waals surface area contributed by atoms with Crippen LogP contribution in [0.1, 0.15) is 13.3 Å². The van der Waals surface area contributed by atoms with Crippen LogP contribution in [0.15, 0.2) is 24.3 Å². The van der Waals surface area contributed by atoms with Gasteiger partial charge in [-0.3, -0.25) is 0 Å². The van der Waals surface area contributed by atoms with Crippen LogP contribution in [0.3, 0.4) is 0 Å². The molecule has 0 atom stereocenters. The highest BCUT2D eigenvalue weighted by Crippen LogP contribution is 2.19. The fourth-order valence-corrected chi connectivity index (χ4v) is 1.49. The first kappa shape index (κ1) is 12.8. The standard InChI is InChI=1S/C12H18N2OS/c1-4-8-13-12(16)14(2)10-6-5-7-11(9-10)15-3/h5-7,9H,4,8H2,1-3H3,(H,13,16). The zero-order valence-corrected chi connectivity index (χ0v) is 10.8. The fraction of sp³-hybridized carbons (Fsp3) is 0.417. The van der Waals surface area contributed by atoms with Crippen LogP contribution < -0.4 is 15.0 Å². The van der Waals surface area contributed by atoms with Crippen molar-refractivity contribution < 1.29 is 4.74 Å². The van der Waals surface area contributed by atoms with Gasteiger partial charge in [0.05, 0.1) is 7.11 Å². The number of nitrogens with one attached hydrogen (secondary N) is 1. The summed E-state index contributed by atoms with van der Waals surface area (Å²) in [5.74, 6) is 0.836. The number of hydrogen-bond donors (Lipinski definition) is 1. The van der Waals surface area contributed by atoms with Crippen molar-refractivity contribution in [2.24, 2.45) is 0 Å². The van der Waals surface area contributed by atoms with Crippen molar-refractivity contribution >= 4 is 23.0 Å². The summed E-state index contributed by atoms with van der Waals surface area (Å²) in [4.78, 5) is 1.94. The number of nitrogens with zero attached hydrogens (tertiary/aromatic N) is 1. The molecule has 0 bridgehead atoms. The molecule has 0 amide bonds. The molecule has 0 saturated carbocycles. The summed E-state index contributed by atoms with van der Waals surface area (Å²) in [5, 5.41) is 3.92. The number of benzene rings is 1. The van der Waals surface area contributed by atoms with Crippen molar-refractivity contribution in [3.05, 3.63) is 24.3 Å². The van der Waals surface area contributed by atoms with Gasteiger partial charge in [0, 0.05) is 25.3 Å². The second-order valence-corrected chi connectivity index (χ2v) is 3.88. The van der Waals surface area contributed by atoms with Gasteiger partial charge in [-0.25, -0.2) is 0 Å². The summed E-state index contributed by atoms with van der Waals surface area (Å²) in [6, 6.07) is 7.83. The maximum absolute atomic E-state index is 5.28. The quantitative estimate of drug-likeness (QED) is 0.814. The van der Waals surface area contributed by atoms with Gasteiger partial charge in [-0.05, 0) is 30.8 Å². The summed E-state index contributed by atoms with van der Waals surface area (Å²) < 4.78 is 5.18. The lowest BCUT2D eigenvalue weighted by Crippen LogP contribution is -2.37. The molecule has 0 fully saturated rings. The van der Waals surface area contributed by atoms with Crippen molar-refractivity contribution in [2.45, 2.75) is 13.3 Å². The van der Waals surface area contributed by atoms with Crippen LogP contribution in [0, 0.1) is 0 Å². The molecule has 1 rings (SSSR count). The number of methoxy groups -OCH3 is 1. The Bertz CT molecular complexity index is 355.